The molecule has 0 atom stereocenters. The number of hydrogen-bond acceptors (Lipinski definition) is 5. The van der Waals surface area contributed by atoms with E-state index in [9.17, 15) is 17.6 Å². The van der Waals surface area contributed by atoms with Crippen molar-refractivity contribution >= 4 is 21.7 Å². The number of esters is 1. The highest BCUT2D eigenvalue weighted by Gasteiger charge is 2.27. The minimum absolute atomic E-state index is 0.0271. The maximum absolute atomic E-state index is 13.5. The second-order valence-corrected chi connectivity index (χ2v) is 6.83. The summed E-state index contributed by atoms with van der Waals surface area (Å²) >= 11 is 0. The molecule has 0 aliphatic carbocycles. The number of carbonyl (C=O) groups excluding carboxylic acids is 1. The molecular formula is C17H18FNO5S. The molecule has 6 nitrogen and oxygen atoms in total. The van der Waals surface area contributed by atoms with E-state index in [1.807, 2.05) is 6.92 Å². The van der Waals surface area contributed by atoms with Crippen LogP contribution in [0.5, 0.6) is 5.75 Å². The second-order valence-electron chi connectivity index (χ2n) is 4.97. The molecule has 2 aromatic carbocycles. The standard InChI is InChI=1S/C17H18FNO5S/c1-3-24-15-7-9-16(10-8-15)25(21,22)19(12-17(20)23-2)14-6-4-5-13(18)11-14/h4-11H,3,12H2,1-2H3. The highest BCUT2D eigenvalue weighted by atomic mass is 32.2. The molecule has 0 spiro atoms. The maximum atomic E-state index is 13.5. The fraction of sp³-hybridized carbons (Fsp3) is 0.235. The maximum Gasteiger partial charge on any atom is 0.326 e. The minimum Gasteiger partial charge on any atom is -0.494 e. The van der Waals surface area contributed by atoms with Gasteiger partial charge >= 0.3 is 5.97 Å². The highest BCUT2D eigenvalue weighted by molar-refractivity contribution is 7.92. The molecule has 0 amide bonds. The Morgan fingerprint density at radius 2 is 1.84 bits per heavy atom. The van der Waals surface area contributed by atoms with Gasteiger partial charge in [-0.1, -0.05) is 6.07 Å². The third kappa shape index (κ3) is 4.48. The molecule has 0 fully saturated rings. The second kappa shape index (κ2) is 7.98. The predicted molar refractivity (Wildman–Crippen MR) is 90.6 cm³/mol. The lowest BCUT2D eigenvalue weighted by molar-refractivity contribution is -0.138. The van der Waals surface area contributed by atoms with E-state index in [-0.39, 0.29) is 10.6 Å². The number of anilines is 1. The summed E-state index contributed by atoms with van der Waals surface area (Å²) in [7, 11) is -2.95. The minimum atomic E-state index is -4.10. The van der Waals surface area contributed by atoms with Gasteiger partial charge in [-0.05, 0) is 49.4 Å². The van der Waals surface area contributed by atoms with Gasteiger partial charge in [0.25, 0.3) is 10.0 Å². The Morgan fingerprint density at radius 3 is 2.40 bits per heavy atom. The van der Waals surface area contributed by atoms with Gasteiger partial charge in [0.15, 0.2) is 0 Å². The number of halogens is 1. The number of carbonyl (C=O) groups is 1. The Morgan fingerprint density at radius 1 is 1.16 bits per heavy atom. The molecular weight excluding hydrogens is 349 g/mol. The number of sulfonamides is 1. The van der Waals surface area contributed by atoms with Gasteiger partial charge < -0.3 is 9.47 Å². The molecule has 0 heterocycles. The summed E-state index contributed by atoms with van der Waals surface area (Å²) in [6.07, 6.45) is 0. The summed E-state index contributed by atoms with van der Waals surface area (Å²) in [5, 5.41) is 0. The monoisotopic (exact) mass is 367 g/mol. The summed E-state index contributed by atoms with van der Waals surface area (Å²) in [6, 6.07) is 10.7. The summed E-state index contributed by atoms with van der Waals surface area (Å²) < 4.78 is 50.0. The Kier molecular flexibility index (Phi) is 5.97. The SMILES string of the molecule is CCOc1ccc(S(=O)(=O)N(CC(=O)OC)c2cccc(F)c2)cc1. The first-order valence-electron chi connectivity index (χ1n) is 7.46. The zero-order valence-electron chi connectivity index (χ0n) is 13.8. The number of ether oxygens (including phenoxy) is 2. The summed E-state index contributed by atoms with van der Waals surface area (Å²) in [6.45, 7) is 1.69. The van der Waals surface area contributed by atoms with E-state index < -0.39 is 28.4 Å². The third-order valence-corrected chi connectivity index (χ3v) is 5.11. The first-order valence-corrected chi connectivity index (χ1v) is 8.90. The molecule has 0 aliphatic heterocycles. The van der Waals surface area contributed by atoms with Crippen LogP contribution in [0.2, 0.25) is 0 Å². The Bertz CT molecular complexity index is 836. The van der Waals surface area contributed by atoms with Gasteiger partial charge in [0.1, 0.15) is 18.1 Å². The Balaban J connectivity index is 2.45. The van der Waals surface area contributed by atoms with Crippen LogP contribution in [0.15, 0.2) is 53.4 Å². The van der Waals surface area contributed by atoms with Crippen molar-refractivity contribution in [2.24, 2.45) is 0 Å². The van der Waals surface area contributed by atoms with E-state index in [0.717, 1.165) is 17.5 Å². The van der Waals surface area contributed by atoms with Crippen LogP contribution >= 0.6 is 0 Å². The van der Waals surface area contributed by atoms with E-state index in [1.54, 1.807) is 0 Å². The summed E-state index contributed by atoms with van der Waals surface area (Å²) in [5.41, 5.74) is 0.0271. The number of hydrogen-bond donors (Lipinski definition) is 0. The van der Waals surface area contributed by atoms with Crippen molar-refractivity contribution < 1.29 is 27.1 Å². The number of methoxy groups -OCH3 is 1. The van der Waals surface area contributed by atoms with E-state index in [2.05, 4.69) is 4.74 Å². The molecule has 0 N–H and O–H groups in total. The molecule has 25 heavy (non-hydrogen) atoms. The Labute approximate surface area is 145 Å². The molecule has 0 aromatic heterocycles. The van der Waals surface area contributed by atoms with E-state index in [1.165, 1.54) is 42.5 Å². The number of rotatable bonds is 7. The van der Waals surface area contributed by atoms with E-state index in [4.69, 9.17) is 4.74 Å². The highest BCUT2D eigenvalue weighted by Crippen LogP contribution is 2.25. The van der Waals surface area contributed by atoms with Crippen LogP contribution in [0.1, 0.15) is 6.92 Å². The topological polar surface area (TPSA) is 72.9 Å². The normalized spacial score (nSPS) is 11.0. The van der Waals surface area contributed by atoms with Gasteiger partial charge in [0.2, 0.25) is 0 Å². The molecule has 0 bridgehead atoms. The van der Waals surface area contributed by atoms with Crippen LogP contribution in [-0.4, -0.2) is 34.6 Å². The van der Waals surface area contributed by atoms with Crippen molar-refractivity contribution in [3.05, 3.63) is 54.3 Å². The zero-order valence-corrected chi connectivity index (χ0v) is 14.6. The average Bonchev–Trinajstić information content (AvgIpc) is 2.60. The van der Waals surface area contributed by atoms with E-state index >= 15 is 0 Å². The van der Waals surface area contributed by atoms with Crippen LogP contribution in [0.3, 0.4) is 0 Å². The fourth-order valence-corrected chi connectivity index (χ4v) is 3.53. The molecule has 0 radical (unpaired) electrons. The van der Waals surface area contributed by atoms with Crippen molar-refractivity contribution in [2.75, 3.05) is 24.6 Å². The number of nitrogens with zero attached hydrogens (tertiary/aromatic N) is 1. The first-order chi connectivity index (χ1) is 11.9. The van der Waals surface area contributed by atoms with Crippen LogP contribution in [0.25, 0.3) is 0 Å². The molecule has 2 rings (SSSR count). The summed E-state index contributed by atoms with van der Waals surface area (Å²) in [4.78, 5) is 11.6. The van der Waals surface area contributed by atoms with Crippen molar-refractivity contribution in [2.45, 2.75) is 11.8 Å². The largest absolute Gasteiger partial charge is 0.494 e. The van der Waals surface area contributed by atoms with E-state index in [0.29, 0.717) is 12.4 Å². The van der Waals surface area contributed by atoms with Gasteiger partial charge in [-0.3, -0.25) is 9.10 Å². The lowest BCUT2D eigenvalue weighted by Gasteiger charge is -2.23. The summed E-state index contributed by atoms with van der Waals surface area (Å²) in [5.74, 6) is -0.861. The van der Waals surface area contributed by atoms with Crippen molar-refractivity contribution in [1.29, 1.82) is 0 Å². The smallest absolute Gasteiger partial charge is 0.326 e. The average molecular weight is 367 g/mol. The van der Waals surface area contributed by atoms with Crippen molar-refractivity contribution in [3.63, 3.8) is 0 Å². The molecule has 0 aliphatic rings. The lowest BCUT2D eigenvalue weighted by atomic mass is 10.3. The van der Waals surface area contributed by atoms with Gasteiger partial charge in [0, 0.05) is 0 Å². The predicted octanol–water partition coefficient (Wildman–Crippen LogP) is 2.59. The molecule has 134 valence electrons. The number of benzene rings is 2. The van der Waals surface area contributed by atoms with Crippen LogP contribution in [0.4, 0.5) is 10.1 Å². The molecule has 2 aromatic rings. The van der Waals surface area contributed by atoms with Crippen molar-refractivity contribution in [1.82, 2.24) is 0 Å². The molecule has 0 saturated heterocycles. The van der Waals surface area contributed by atoms with Crippen LogP contribution in [-0.2, 0) is 19.6 Å². The van der Waals surface area contributed by atoms with Crippen molar-refractivity contribution in [3.8, 4) is 5.75 Å². The van der Waals surface area contributed by atoms with Crippen LogP contribution in [0, 0.1) is 5.82 Å². The van der Waals surface area contributed by atoms with Crippen LogP contribution < -0.4 is 9.04 Å². The van der Waals surface area contributed by atoms with Gasteiger partial charge in [-0.2, -0.15) is 0 Å². The molecule has 0 unspecified atom stereocenters. The fourth-order valence-electron chi connectivity index (χ4n) is 2.13. The Hall–Kier alpha value is -2.61. The molecule has 8 heteroatoms. The van der Waals surface area contributed by atoms with Gasteiger partial charge in [-0.25, -0.2) is 12.8 Å². The van der Waals surface area contributed by atoms with Gasteiger partial charge in [0.05, 0.1) is 24.3 Å². The third-order valence-electron chi connectivity index (χ3n) is 3.32. The lowest BCUT2D eigenvalue weighted by Crippen LogP contribution is -2.36. The molecule has 0 saturated carbocycles. The van der Waals surface area contributed by atoms with Gasteiger partial charge in [-0.15, -0.1) is 0 Å². The zero-order chi connectivity index (χ0) is 18.4. The first kappa shape index (κ1) is 18.7. The quantitative estimate of drug-likeness (QED) is 0.704.